The van der Waals surface area contributed by atoms with Crippen molar-refractivity contribution in [2.45, 2.75) is 40.0 Å². The zero-order valence-electron chi connectivity index (χ0n) is 18.5. The van der Waals surface area contributed by atoms with Crippen LogP contribution >= 0.6 is 0 Å². The van der Waals surface area contributed by atoms with E-state index in [1.807, 2.05) is 42.5 Å². The van der Waals surface area contributed by atoms with E-state index in [4.69, 9.17) is 9.26 Å². The monoisotopic (exact) mass is 418 g/mol. The van der Waals surface area contributed by atoms with Crippen molar-refractivity contribution in [1.29, 1.82) is 0 Å². The molecule has 0 saturated carbocycles. The molecule has 0 radical (unpaired) electrons. The van der Waals surface area contributed by atoms with Crippen LogP contribution in [-0.2, 0) is 12.8 Å². The Bertz CT molecular complexity index is 1020. The first-order valence-corrected chi connectivity index (χ1v) is 11.0. The molecule has 0 spiro atoms. The van der Waals surface area contributed by atoms with Crippen LogP contribution in [0.25, 0.3) is 11.1 Å². The highest BCUT2D eigenvalue weighted by atomic mass is 16.5. The van der Waals surface area contributed by atoms with E-state index < -0.39 is 0 Å². The van der Waals surface area contributed by atoms with Crippen molar-refractivity contribution in [1.82, 2.24) is 10.5 Å². The number of hydrogen-bond donors (Lipinski definition) is 1. The van der Waals surface area contributed by atoms with E-state index in [1.54, 1.807) is 0 Å². The molecule has 0 fully saturated rings. The SMILES string of the molecule is CC(C)(C)[C@@H]1CCc2onc(C(=O)NCCOc3ccc(-c4ccccc4)cc3)c2C1. The molecule has 5 nitrogen and oxygen atoms in total. The Labute approximate surface area is 183 Å². The first-order valence-electron chi connectivity index (χ1n) is 11.0. The van der Waals surface area contributed by atoms with Crippen molar-refractivity contribution in [2.24, 2.45) is 11.3 Å². The van der Waals surface area contributed by atoms with Gasteiger partial charge in [0.05, 0.1) is 6.54 Å². The largest absolute Gasteiger partial charge is 0.492 e. The van der Waals surface area contributed by atoms with E-state index in [2.05, 4.69) is 43.4 Å². The minimum Gasteiger partial charge on any atom is -0.492 e. The molecule has 5 heteroatoms. The van der Waals surface area contributed by atoms with E-state index in [1.165, 1.54) is 5.56 Å². The number of hydrogen-bond acceptors (Lipinski definition) is 4. The molecule has 1 atom stereocenters. The van der Waals surface area contributed by atoms with E-state index in [9.17, 15) is 4.79 Å². The van der Waals surface area contributed by atoms with Gasteiger partial charge in [-0.1, -0.05) is 68.4 Å². The van der Waals surface area contributed by atoms with Gasteiger partial charge in [0.25, 0.3) is 5.91 Å². The Morgan fingerprint density at radius 3 is 2.52 bits per heavy atom. The molecule has 4 rings (SSSR count). The maximum absolute atomic E-state index is 12.7. The van der Waals surface area contributed by atoms with Crippen molar-refractivity contribution in [2.75, 3.05) is 13.2 Å². The summed E-state index contributed by atoms with van der Waals surface area (Å²) < 4.78 is 11.2. The van der Waals surface area contributed by atoms with Crippen LogP contribution in [0.3, 0.4) is 0 Å². The molecule has 1 heterocycles. The third-order valence-electron chi connectivity index (χ3n) is 6.10. The topological polar surface area (TPSA) is 64.4 Å². The molecule has 3 aromatic rings. The Balaban J connectivity index is 1.28. The quantitative estimate of drug-likeness (QED) is 0.552. The molecular weight excluding hydrogens is 388 g/mol. The second-order valence-corrected chi connectivity index (χ2v) is 9.23. The minimum atomic E-state index is -0.192. The molecule has 162 valence electrons. The molecule has 31 heavy (non-hydrogen) atoms. The molecular formula is C26H30N2O3. The summed E-state index contributed by atoms with van der Waals surface area (Å²) >= 11 is 0. The fourth-order valence-corrected chi connectivity index (χ4v) is 4.11. The normalized spacial score (nSPS) is 15.9. The number of carbonyl (C=O) groups is 1. The fraction of sp³-hybridized carbons (Fsp3) is 0.385. The number of amides is 1. The highest BCUT2D eigenvalue weighted by Gasteiger charge is 2.34. The lowest BCUT2D eigenvalue weighted by Crippen LogP contribution is -2.31. The highest BCUT2D eigenvalue weighted by molar-refractivity contribution is 5.93. The van der Waals surface area contributed by atoms with Gasteiger partial charge in [0.2, 0.25) is 0 Å². The zero-order chi connectivity index (χ0) is 21.8. The maximum Gasteiger partial charge on any atom is 0.273 e. The predicted octanol–water partition coefficient (Wildman–Crippen LogP) is 5.30. The smallest absolute Gasteiger partial charge is 0.273 e. The van der Waals surface area contributed by atoms with E-state index >= 15 is 0 Å². The average molecular weight is 419 g/mol. The lowest BCUT2D eigenvalue weighted by atomic mass is 9.71. The van der Waals surface area contributed by atoms with E-state index in [0.717, 1.165) is 41.9 Å². The third kappa shape index (κ3) is 4.98. The molecule has 2 aromatic carbocycles. The summed E-state index contributed by atoms with van der Waals surface area (Å²) in [6.07, 6.45) is 2.76. The van der Waals surface area contributed by atoms with Gasteiger partial charge in [-0.15, -0.1) is 0 Å². The molecule has 1 aromatic heterocycles. The number of fused-ring (bicyclic) bond motifs is 1. The Morgan fingerprint density at radius 2 is 1.81 bits per heavy atom. The zero-order valence-corrected chi connectivity index (χ0v) is 18.5. The molecule has 1 aliphatic carbocycles. The first kappa shape index (κ1) is 21.2. The highest BCUT2D eigenvalue weighted by Crippen LogP contribution is 2.38. The fourth-order valence-electron chi connectivity index (χ4n) is 4.11. The Morgan fingerprint density at radius 1 is 1.10 bits per heavy atom. The van der Waals surface area contributed by atoms with Crippen molar-refractivity contribution in [3.8, 4) is 16.9 Å². The summed E-state index contributed by atoms with van der Waals surface area (Å²) in [5, 5.41) is 6.97. The Hall–Kier alpha value is -3.08. The van der Waals surface area contributed by atoms with Crippen LogP contribution in [0.1, 0.15) is 49.0 Å². The van der Waals surface area contributed by atoms with Crippen LogP contribution < -0.4 is 10.1 Å². The van der Waals surface area contributed by atoms with Crippen LogP contribution in [0.4, 0.5) is 0 Å². The lowest BCUT2D eigenvalue weighted by molar-refractivity contribution is 0.0936. The average Bonchev–Trinajstić information content (AvgIpc) is 3.20. The van der Waals surface area contributed by atoms with E-state index in [0.29, 0.717) is 24.8 Å². The van der Waals surface area contributed by atoms with Crippen molar-refractivity contribution in [3.63, 3.8) is 0 Å². The standard InChI is InChI=1S/C26H30N2O3/c1-26(2,3)20-11-14-23-22(17-20)24(28-31-23)25(29)27-15-16-30-21-12-9-19(10-13-21)18-7-5-4-6-8-18/h4-10,12-13,20H,11,14-17H2,1-3H3,(H,27,29)/t20-/m1/s1. The van der Waals surface area contributed by atoms with Crippen molar-refractivity contribution in [3.05, 3.63) is 71.6 Å². The first-order chi connectivity index (χ1) is 14.9. The number of aryl methyl sites for hydroxylation is 1. The third-order valence-corrected chi connectivity index (χ3v) is 6.10. The molecule has 1 amide bonds. The van der Waals surface area contributed by atoms with Gasteiger partial charge >= 0.3 is 0 Å². The van der Waals surface area contributed by atoms with Gasteiger partial charge in [-0.3, -0.25) is 4.79 Å². The number of carbonyl (C=O) groups excluding carboxylic acids is 1. The number of ether oxygens (including phenoxy) is 1. The van der Waals surface area contributed by atoms with E-state index in [-0.39, 0.29) is 11.3 Å². The number of benzene rings is 2. The summed E-state index contributed by atoms with van der Waals surface area (Å²) in [7, 11) is 0. The van der Waals surface area contributed by atoms with Crippen molar-refractivity contribution >= 4 is 5.91 Å². The van der Waals surface area contributed by atoms with Gasteiger partial charge < -0.3 is 14.6 Å². The van der Waals surface area contributed by atoms with Crippen LogP contribution in [0.5, 0.6) is 5.75 Å². The van der Waals surface area contributed by atoms with Crippen molar-refractivity contribution < 1.29 is 14.1 Å². The van der Waals surface area contributed by atoms with Gasteiger partial charge in [-0.25, -0.2) is 0 Å². The Kier molecular flexibility index (Phi) is 6.12. The van der Waals surface area contributed by atoms with Gasteiger partial charge in [0, 0.05) is 12.0 Å². The van der Waals surface area contributed by atoms with Crippen LogP contribution in [-0.4, -0.2) is 24.2 Å². The number of nitrogens with one attached hydrogen (secondary N) is 1. The summed E-state index contributed by atoms with van der Waals surface area (Å²) in [6, 6.07) is 18.2. The molecule has 0 aliphatic heterocycles. The second-order valence-electron chi connectivity index (χ2n) is 9.23. The van der Waals surface area contributed by atoms with Crippen LogP contribution in [0, 0.1) is 11.3 Å². The summed E-state index contributed by atoms with van der Waals surface area (Å²) in [5.74, 6) is 1.97. The molecule has 1 aliphatic rings. The molecule has 0 unspecified atom stereocenters. The minimum absolute atomic E-state index is 0.192. The van der Waals surface area contributed by atoms with Gasteiger partial charge in [0.15, 0.2) is 5.69 Å². The van der Waals surface area contributed by atoms with Crippen LogP contribution in [0.2, 0.25) is 0 Å². The summed E-state index contributed by atoms with van der Waals surface area (Å²) in [4.78, 5) is 12.7. The maximum atomic E-state index is 12.7. The molecule has 0 saturated heterocycles. The van der Waals surface area contributed by atoms with Gasteiger partial charge in [0.1, 0.15) is 18.1 Å². The molecule has 0 bridgehead atoms. The molecule has 1 N–H and O–H groups in total. The summed E-state index contributed by atoms with van der Waals surface area (Å²) in [6.45, 7) is 7.55. The number of nitrogens with zero attached hydrogens (tertiary/aromatic N) is 1. The lowest BCUT2D eigenvalue weighted by Gasteiger charge is -2.33. The predicted molar refractivity (Wildman–Crippen MR) is 121 cm³/mol. The van der Waals surface area contributed by atoms with Gasteiger partial charge in [-0.05, 0) is 47.4 Å². The second kappa shape index (κ2) is 8.96. The number of aromatic nitrogens is 1. The summed E-state index contributed by atoms with van der Waals surface area (Å²) in [5.41, 5.74) is 3.92. The number of rotatable bonds is 6. The van der Waals surface area contributed by atoms with Gasteiger partial charge in [-0.2, -0.15) is 0 Å². The van der Waals surface area contributed by atoms with Crippen LogP contribution in [0.15, 0.2) is 59.1 Å².